The summed E-state index contributed by atoms with van der Waals surface area (Å²) >= 11 is 1.56. The van der Waals surface area contributed by atoms with Crippen LogP contribution in [0.5, 0.6) is 5.75 Å². The summed E-state index contributed by atoms with van der Waals surface area (Å²) in [6, 6.07) is 19.9. The van der Waals surface area contributed by atoms with Crippen molar-refractivity contribution in [2.24, 2.45) is 0 Å². The van der Waals surface area contributed by atoms with Gasteiger partial charge in [0.25, 0.3) is 5.91 Å². The van der Waals surface area contributed by atoms with Crippen molar-refractivity contribution in [1.82, 2.24) is 4.90 Å². The first-order valence-corrected chi connectivity index (χ1v) is 11.4. The van der Waals surface area contributed by atoms with Gasteiger partial charge in [-0.15, -0.1) is 11.8 Å². The first-order chi connectivity index (χ1) is 15.0. The molecule has 4 rings (SSSR count). The number of aliphatic hydroxyl groups excluding tert-OH is 1. The minimum absolute atomic E-state index is 0.262. The SMILES string of the molecule is CCOc1ccc([C@H]2Sc3c(ccc4ccccc34)N(CCN(C)C)C(=O)[C@@H]2O)cc1. The molecule has 1 heterocycles. The van der Waals surface area contributed by atoms with Crippen LogP contribution in [0.15, 0.2) is 65.6 Å². The third-order valence-corrected chi connectivity index (χ3v) is 6.94. The van der Waals surface area contributed by atoms with Gasteiger partial charge in [0.05, 0.1) is 17.5 Å². The van der Waals surface area contributed by atoms with Gasteiger partial charge in [0.15, 0.2) is 0 Å². The lowest BCUT2D eigenvalue weighted by Gasteiger charge is -2.26. The summed E-state index contributed by atoms with van der Waals surface area (Å²) in [4.78, 5) is 18.2. The van der Waals surface area contributed by atoms with Crippen LogP contribution in [0.3, 0.4) is 0 Å². The Morgan fingerprint density at radius 2 is 1.81 bits per heavy atom. The maximum absolute atomic E-state index is 13.4. The van der Waals surface area contributed by atoms with E-state index in [2.05, 4.69) is 12.1 Å². The summed E-state index contributed by atoms with van der Waals surface area (Å²) in [5.41, 5.74) is 1.77. The fraction of sp³-hybridized carbons (Fsp3) is 0.320. The van der Waals surface area contributed by atoms with Crippen molar-refractivity contribution in [2.75, 3.05) is 38.7 Å². The Kier molecular flexibility index (Phi) is 6.51. The highest BCUT2D eigenvalue weighted by molar-refractivity contribution is 8.00. The summed E-state index contributed by atoms with van der Waals surface area (Å²) in [5, 5.41) is 13.0. The van der Waals surface area contributed by atoms with Gasteiger partial charge >= 0.3 is 0 Å². The molecular weight excluding hydrogens is 408 g/mol. The minimum atomic E-state index is -1.14. The lowest BCUT2D eigenvalue weighted by molar-refractivity contribution is -0.126. The van der Waals surface area contributed by atoms with E-state index in [9.17, 15) is 9.90 Å². The van der Waals surface area contributed by atoms with Gasteiger partial charge in [0.1, 0.15) is 11.9 Å². The van der Waals surface area contributed by atoms with Gasteiger partial charge in [-0.05, 0) is 55.6 Å². The standard InChI is InChI=1S/C25H28N2O3S/c1-4-30-19-12-9-18(10-13-19)23-22(28)25(29)27(16-15-26(2)3)21-14-11-17-7-5-6-8-20(17)24(21)31-23/h5-14,22-23,28H,4,15-16H2,1-3H3/t22-,23-/m1/s1. The maximum atomic E-state index is 13.4. The molecule has 0 saturated heterocycles. The van der Waals surface area contributed by atoms with Gasteiger partial charge in [-0.1, -0.05) is 42.5 Å². The lowest BCUT2D eigenvalue weighted by Crippen LogP contribution is -2.43. The number of thioether (sulfide) groups is 1. The van der Waals surface area contributed by atoms with Crippen molar-refractivity contribution in [1.29, 1.82) is 0 Å². The van der Waals surface area contributed by atoms with Crippen molar-refractivity contribution < 1.29 is 14.6 Å². The molecule has 2 atom stereocenters. The van der Waals surface area contributed by atoms with Gasteiger partial charge < -0.3 is 19.6 Å². The summed E-state index contributed by atoms with van der Waals surface area (Å²) in [6.45, 7) is 3.77. The fourth-order valence-corrected chi connectivity index (χ4v) is 5.27. The van der Waals surface area contributed by atoms with Crippen LogP contribution >= 0.6 is 11.8 Å². The van der Waals surface area contributed by atoms with Crippen molar-refractivity contribution in [2.45, 2.75) is 23.2 Å². The first-order valence-electron chi connectivity index (χ1n) is 10.5. The van der Waals surface area contributed by atoms with Crippen LogP contribution < -0.4 is 9.64 Å². The molecule has 6 heteroatoms. The Bertz CT molecular complexity index is 1070. The number of hydrogen-bond acceptors (Lipinski definition) is 5. The van der Waals surface area contributed by atoms with Gasteiger partial charge in [0, 0.05) is 18.0 Å². The van der Waals surface area contributed by atoms with Crippen molar-refractivity contribution in [3.8, 4) is 5.75 Å². The molecule has 31 heavy (non-hydrogen) atoms. The molecule has 5 nitrogen and oxygen atoms in total. The summed E-state index contributed by atoms with van der Waals surface area (Å²) < 4.78 is 5.56. The van der Waals surface area contributed by atoms with E-state index in [0.29, 0.717) is 19.7 Å². The average molecular weight is 437 g/mol. The number of carbonyl (C=O) groups excluding carboxylic acids is 1. The zero-order valence-electron chi connectivity index (χ0n) is 18.1. The molecule has 1 aliphatic heterocycles. The highest BCUT2D eigenvalue weighted by Gasteiger charge is 2.37. The number of benzene rings is 3. The number of hydrogen-bond donors (Lipinski definition) is 1. The quantitative estimate of drug-likeness (QED) is 0.623. The number of likely N-dealkylation sites (N-methyl/N-ethyl adjacent to an activating group) is 1. The summed E-state index contributed by atoms with van der Waals surface area (Å²) in [6.07, 6.45) is -1.14. The van der Waals surface area contributed by atoms with Crippen LogP contribution in [-0.2, 0) is 4.79 Å². The van der Waals surface area contributed by atoms with Gasteiger partial charge in [0.2, 0.25) is 0 Å². The van der Waals surface area contributed by atoms with E-state index in [1.54, 1.807) is 16.7 Å². The van der Waals surface area contributed by atoms with Crippen LogP contribution in [-0.4, -0.2) is 55.8 Å². The Labute approximate surface area is 187 Å². The van der Waals surface area contributed by atoms with E-state index in [1.807, 2.05) is 74.4 Å². The number of anilines is 1. The number of carbonyl (C=O) groups is 1. The number of fused-ring (bicyclic) bond motifs is 3. The second-order valence-electron chi connectivity index (χ2n) is 7.91. The number of rotatable bonds is 6. The molecule has 0 saturated carbocycles. The molecule has 1 aliphatic rings. The van der Waals surface area contributed by atoms with Crippen LogP contribution in [0.1, 0.15) is 17.7 Å². The molecule has 0 unspecified atom stereocenters. The zero-order chi connectivity index (χ0) is 22.0. The second-order valence-corrected chi connectivity index (χ2v) is 9.07. The van der Waals surface area contributed by atoms with Crippen LogP contribution in [0.25, 0.3) is 10.8 Å². The van der Waals surface area contributed by atoms with Crippen LogP contribution in [0.4, 0.5) is 5.69 Å². The van der Waals surface area contributed by atoms with E-state index in [1.165, 1.54) is 0 Å². The molecule has 0 fully saturated rings. The predicted molar refractivity (Wildman–Crippen MR) is 127 cm³/mol. The van der Waals surface area contributed by atoms with E-state index in [4.69, 9.17) is 4.74 Å². The monoisotopic (exact) mass is 436 g/mol. The molecule has 3 aromatic rings. The van der Waals surface area contributed by atoms with Gasteiger partial charge in [-0.2, -0.15) is 0 Å². The number of nitrogens with zero attached hydrogens (tertiary/aromatic N) is 2. The van der Waals surface area contributed by atoms with Crippen molar-refractivity contribution >= 4 is 34.1 Å². The van der Waals surface area contributed by atoms with E-state index < -0.39 is 11.4 Å². The highest BCUT2D eigenvalue weighted by atomic mass is 32.2. The second kappa shape index (κ2) is 9.30. The Balaban J connectivity index is 1.81. The molecule has 1 N–H and O–H groups in total. The smallest absolute Gasteiger partial charge is 0.257 e. The molecule has 0 radical (unpaired) electrons. The number of aliphatic hydroxyl groups is 1. The molecule has 0 aromatic heterocycles. The van der Waals surface area contributed by atoms with Crippen LogP contribution in [0, 0.1) is 0 Å². The normalized spacial score (nSPS) is 18.9. The minimum Gasteiger partial charge on any atom is -0.494 e. The maximum Gasteiger partial charge on any atom is 0.257 e. The Hall–Kier alpha value is -2.54. The fourth-order valence-electron chi connectivity index (χ4n) is 3.87. The Morgan fingerprint density at radius 3 is 2.52 bits per heavy atom. The first kappa shape index (κ1) is 21.7. The largest absolute Gasteiger partial charge is 0.494 e. The number of ether oxygens (including phenoxy) is 1. The predicted octanol–water partition coefficient (Wildman–Crippen LogP) is 4.34. The Morgan fingerprint density at radius 1 is 1.06 bits per heavy atom. The molecule has 1 amide bonds. The van der Waals surface area contributed by atoms with Crippen LogP contribution in [0.2, 0.25) is 0 Å². The van der Waals surface area contributed by atoms with E-state index in [-0.39, 0.29) is 5.91 Å². The summed E-state index contributed by atoms with van der Waals surface area (Å²) in [5.74, 6) is 0.520. The molecular formula is C25H28N2O3S. The zero-order valence-corrected chi connectivity index (χ0v) is 18.9. The molecule has 3 aromatic carbocycles. The third kappa shape index (κ3) is 4.42. The van der Waals surface area contributed by atoms with Crippen molar-refractivity contribution in [3.63, 3.8) is 0 Å². The summed E-state index contributed by atoms with van der Waals surface area (Å²) in [7, 11) is 3.97. The highest BCUT2D eigenvalue weighted by Crippen LogP contribution is 2.48. The van der Waals surface area contributed by atoms with Crippen molar-refractivity contribution in [3.05, 3.63) is 66.2 Å². The topological polar surface area (TPSA) is 53.0 Å². The number of amides is 1. The third-order valence-electron chi connectivity index (χ3n) is 5.49. The molecule has 162 valence electrons. The lowest BCUT2D eigenvalue weighted by atomic mass is 10.1. The van der Waals surface area contributed by atoms with E-state index in [0.717, 1.165) is 32.7 Å². The van der Waals surface area contributed by atoms with Gasteiger partial charge in [-0.3, -0.25) is 4.79 Å². The average Bonchev–Trinajstić information content (AvgIpc) is 2.88. The molecule has 0 bridgehead atoms. The molecule has 0 aliphatic carbocycles. The molecule has 0 spiro atoms. The van der Waals surface area contributed by atoms with E-state index >= 15 is 0 Å². The van der Waals surface area contributed by atoms with Gasteiger partial charge in [-0.25, -0.2) is 0 Å².